The van der Waals surface area contributed by atoms with Crippen LogP contribution in [0.5, 0.6) is 0 Å². The van der Waals surface area contributed by atoms with Crippen molar-refractivity contribution in [3.63, 3.8) is 0 Å². The van der Waals surface area contributed by atoms with Gasteiger partial charge in [-0.15, -0.1) is 0 Å². The van der Waals surface area contributed by atoms with Crippen LogP contribution < -0.4 is 5.32 Å². The minimum Gasteiger partial charge on any atom is -0.444 e. The number of aromatic nitrogens is 1. The molecule has 1 aromatic heterocycles. The molecule has 23 heavy (non-hydrogen) atoms. The third-order valence-corrected chi connectivity index (χ3v) is 3.84. The number of nitrogens with zero attached hydrogens (tertiary/aromatic N) is 1. The van der Waals surface area contributed by atoms with Crippen molar-refractivity contribution < 1.29 is 9.53 Å². The average Bonchev–Trinajstić information content (AvgIpc) is 2.37. The van der Waals surface area contributed by atoms with Crippen molar-refractivity contribution >= 4 is 46.7 Å². The van der Waals surface area contributed by atoms with Gasteiger partial charge >= 0.3 is 6.09 Å². The van der Waals surface area contributed by atoms with Crippen LogP contribution in [0.4, 0.5) is 10.5 Å². The Morgan fingerprint density at radius 1 is 1.09 bits per heavy atom. The van der Waals surface area contributed by atoms with Gasteiger partial charge in [0.25, 0.3) is 0 Å². The van der Waals surface area contributed by atoms with Crippen LogP contribution in [0.25, 0.3) is 0 Å². The van der Waals surface area contributed by atoms with Gasteiger partial charge < -0.3 is 4.74 Å². The Hall–Kier alpha value is -1.43. The topological polar surface area (TPSA) is 51.2 Å². The van der Waals surface area contributed by atoms with Gasteiger partial charge in [0.05, 0.1) is 0 Å². The fourth-order valence-corrected chi connectivity index (χ4v) is 3.14. The Morgan fingerprint density at radius 2 is 1.65 bits per heavy atom. The Balaban J connectivity index is 2.00. The van der Waals surface area contributed by atoms with Gasteiger partial charge in [0.1, 0.15) is 15.9 Å². The number of hydrogen-bond acceptors (Lipinski definition) is 4. The maximum atomic E-state index is 11.7. The molecule has 0 atom stereocenters. The summed E-state index contributed by atoms with van der Waals surface area (Å²) in [7, 11) is 0. The number of carbonyl (C=O) groups is 1. The first-order valence-corrected chi connectivity index (χ1v) is 8.39. The van der Waals surface area contributed by atoms with Crippen LogP contribution >= 0.6 is 35.0 Å². The molecule has 0 saturated heterocycles. The number of carbonyl (C=O) groups excluding carboxylic acids is 1. The molecule has 0 radical (unpaired) electrons. The predicted molar refractivity (Wildman–Crippen MR) is 94.7 cm³/mol. The third-order valence-electron chi connectivity index (χ3n) is 2.47. The van der Waals surface area contributed by atoms with E-state index in [1.165, 1.54) is 11.8 Å². The van der Waals surface area contributed by atoms with Gasteiger partial charge in [0.2, 0.25) is 0 Å². The molecule has 2 aromatic rings. The lowest BCUT2D eigenvalue weighted by Gasteiger charge is -2.19. The van der Waals surface area contributed by atoms with E-state index in [-0.39, 0.29) is 0 Å². The van der Waals surface area contributed by atoms with E-state index in [0.717, 1.165) is 9.79 Å². The molecule has 0 aliphatic rings. The van der Waals surface area contributed by atoms with Crippen molar-refractivity contribution in [2.45, 2.75) is 36.2 Å². The predicted octanol–water partition coefficient (Wildman–Crippen LogP) is 5.89. The summed E-state index contributed by atoms with van der Waals surface area (Å²) in [6.45, 7) is 5.45. The Morgan fingerprint density at radius 3 is 2.17 bits per heavy atom. The number of nitrogens with one attached hydrogen (secondary N) is 1. The van der Waals surface area contributed by atoms with Crippen LogP contribution in [0.2, 0.25) is 10.3 Å². The summed E-state index contributed by atoms with van der Waals surface area (Å²) < 4.78 is 5.20. The zero-order valence-corrected chi connectivity index (χ0v) is 15.2. The van der Waals surface area contributed by atoms with Crippen molar-refractivity contribution in [1.29, 1.82) is 0 Å². The van der Waals surface area contributed by atoms with Crippen molar-refractivity contribution in [3.05, 3.63) is 46.7 Å². The minimum absolute atomic E-state index is 0.350. The highest BCUT2D eigenvalue weighted by molar-refractivity contribution is 7.99. The summed E-state index contributed by atoms with van der Waals surface area (Å²) in [5.74, 6) is 0. The number of benzene rings is 1. The molecule has 1 N–H and O–H groups in total. The van der Waals surface area contributed by atoms with Crippen LogP contribution in [0.15, 0.2) is 46.2 Å². The van der Waals surface area contributed by atoms with Crippen LogP contribution in [0.3, 0.4) is 0 Å². The molecule has 0 aliphatic heterocycles. The van der Waals surface area contributed by atoms with Crippen molar-refractivity contribution in [3.8, 4) is 0 Å². The Bertz CT molecular complexity index is 680. The monoisotopic (exact) mass is 370 g/mol. The summed E-state index contributed by atoms with van der Waals surface area (Å²) in [6.07, 6.45) is -0.481. The number of pyridine rings is 1. The minimum atomic E-state index is -0.528. The normalized spacial score (nSPS) is 11.2. The second-order valence-electron chi connectivity index (χ2n) is 5.70. The van der Waals surface area contributed by atoms with E-state index in [1.807, 2.05) is 32.9 Å². The van der Waals surface area contributed by atoms with E-state index >= 15 is 0 Å². The fraction of sp³-hybridized carbons (Fsp3) is 0.250. The third kappa shape index (κ3) is 6.29. The Labute approximate surface area is 149 Å². The van der Waals surface area contributed by atoms with Crippen molar-refractivity contribution in [2.75, 3.05) is 5.32 Å². The molecule has 0 fully saturated rings. The second-order valence-corrected chi connectivity index (χ2v) is 7.62. The molecule has 0 bridgehead atoms. The van der Waals surface area contributed by atoms with Gasteiger partial charge in [-0.3, -0.25) is 5.32 Å². The number of amides is 1. The molecule has 0 unspecified atom stereocenters. The molecule has 2 rings (SSSR count). The molecule has 122 valence electrons. The number of halogens is 2. The second kappa shape index (κ2) is 7.43. The first-order valence-electron chi connectivity index (χ1n) is 6.82. The van der Waals surface area contributed by atoms with Gasteiger partial charge in [0.15, 0.2) is 0 Å². The number of rotatable bonds is 3. The number of ether oxygens (including phenoxy) is 1. The first kappa shape index (κ1) is 17.9. The smallest absolute Gasteiger partial charge is 0.412 e. The van der Waals surface area contributed by atoms with Gasteiger partial charge in [0, 0.05) is 15.5 Å². The van der Waals surface area contributed by atoms with E-state index in [9.17, 15) is 4.79 Å². The molecule has 4 nitrogen and oxygen atoms in total. The van der Waals surface area contributed by atoms with Gasteiger partial charge in [-0.2, -0.15) is 0 Å². The van der Waals surface area contributed by atoms with E-state index in [1.54, 1.807) is 24.3 Å². The van der Waals surface area contributed by atoms with Crippen LogP contribution in [0, 0.1) is 0 Å². The molecule has 1 aromatic carbocycles. The van der Waals surface area contributed by atoms with Crippen LogP contribution in [0.1, 0.15) is 20.8 Å². The highest BCUT2D eigenvalue weighted by Gasteiger charge is 2.16. The zero-order chi connectivity index (χ0) is 17.0. The maximum absolute atomic E-state index is 11.7. The lowest BCUT2D eigenvalue weighted by atomic mass is 10.2. The average molecular weight is 371 g/mol. The maximum Gasteiger partial charge on any atom is 0.412 e. The van der Waals surface area contributed by atoms with Crippen molar-refractivity contribution in [1.82, 2.24) is 4.98 Å². The lowest BCUT2D eigenvalue weighted by molar-refractivity contribution is 0.0636. The number of anilines is 1. The molecular formula is C16H16Cl2N2O2S. The van der Waals surface area contributed by atoms with Gasteiger partial charge in [-0.1, -0.05) is 35.0 Å². The zero-order valence-electron chi connectivity index (χ0n) is 12.9. The molecule has 0 saturated carbocycles. The highest BCUT2D eigenvalue weighted by Crippen LogP contribution is 2.31. The molecule has 0 aliphatic carbocycles. The molecular weight excluding hydrogens is 355 g/mol. The first-order chi connectivity index (χ1) is 10.7. The van der Waals surface area contributed by atoms with E-state index < -0.39 is 11.7 Å². The lowest BCUT2D eigenvalue weighted by Crippen LogP contribution is -2.27. The SMILES string of the molecule is CC(C)(C)OC(=O)Nc1ccc(Sc2cc(Cl)nc(Cl)c2)cc1. The molecule has 0 spiro atoms. The van der Waals surface area contributed by atoms with E-state index in [0.29, 0.717) is 16.0 Å². The quantitative estimate of drug-likeness (QED) is 0.684. The van der Waals surface area contributed by atoms with E-state index in [2.05, 4.69) is 10.3 Å². The number of hydrogen-bond donors (Lipinski definition) is 1. The standard InChI is InChI=1S/C16H16Cl2N2O2S/c1-16(2,3)22-15(21)19-10-4-6-11(7-5-10)23-12-8-13(17)20-14(18)9-12/h4-9H,1-3H3,(H,19,21). The van der Waals surface area contributed by atoms with E-state index in [4.69, 9.17) is 27.9 Å². The molecule has 1 heterocycles. The molecule has 7 heteroatoms. The summed E-state index contributed by atoms with van der Waals surface area (Å²) >= 11 is 13.3. The summed E-state index contributed by atoms with van der Waals surface area (Å²) in [5, 5.41) is 3.39. The van der Waals surface area contributed by atoms with Crippen molar-refractivity contribution in [2.24, 2.45) is 0 Å². The summed E-state index contributed by atoms with van der Waals surface area (Å²) in [5.41, 5.74) is 0.133. The van der Waals surface area contributed by atoms with Gasteiger partial charge in [-0.25, -0.2) is 9.78 Å². The Kier molecular flexibility index (Phi) is 5.79. The van der Waals surface area contributed by atoms with Gasteiger partial charge in [-0.05, 0) is 57.2 Å². The van der Waals surface area contributed by atoms with Crippen LogP contribution in [-0.2, 0) is 4.74 Å². The highest BCUT2D eigenvalue weighted by atomic mass is 35.5. The fourth-order valence-electron chi connectivity index (χ4n) is 1.67. The van der Waals surface area contributed by atoms with Crippen LogP contribution in [-0.4, -0.2) is 16.7 Å². The summed E-state index contributed by atoms with van der Waals surface area (Å²) in [4.78, 5) is 17.5. The molecule has 1 amide bonds. The summed E-state index contributed by atoms with van der Waals surface area (Å²) in [6, 6.07) is 10.9. The largest absolute Gasteiger partial charge is 0.444 e.